The molecule has 0 aromatic rings. The van der Waals surface area contributed by atoms with E-state index in [4.69, 9.17) is 20.4 Å². The Hall–Kier alpha value is -0.650. The number of aliphatic hydroxyl groups excluding tert-OH is 3. The molecule has 0 fully saturated rings. The molecule has 0 radical (unpaired) electrons. The standard InChI is InChI=1S/C8H18O2.C3H6O3/c1-2-8(10)6-4-3-5-7-9;1-2(4)3(5)6/h8-10H,2-7H2,1H3;2,4H,1H3,(H,5,6). The first-order valence-corrected chi connectivity index (χ1v) is 5.65. The highest BCUT2D eigenvalue weighted by Gasteiger charge is 2.01. The van der Waals surface area contributed by atoms with Gasteiger partial charge in [-0.1, -0.05) is 19.8 Å². The molecule has 0 rings (SSSR count). The first-order chi connectivity index (χ1) is 7.45. The van der Waals surface area contributed by atoms with Crippen LogP contribution in [-0.2, 0) is 4.79 Å². The van der Waals surface area contributed by atoms with Crippen LogP contribution in [-0.4, -0.2) is 45.2 Å². The van der Waals surface area contributed by atoms with Crippen molar-refractivity contribution in [1.82, 2.24) is 0 Å². The van der Waals surface area contributed by atoms with Gasteiger partial charge in [0.1, 0.15) is 6.10 Å². The van der Waals surface area contributed by atoms with Gasteiger partial charge >= 0.3 is 5.97 Å². The van der Waals surface area contributed by atoms with Crippen molar-refractivity contribution in [2.45, 2.75) is 58.2 Å². The van der Waals surface area contributed by atoms with E-state index in [0.29, 0.717) is 0 Å². The Kier molecular flexibility index (Phi) is 13.8. The van der Waals surface area contributed by atoms with Crippen LogP contribution in [0.4, 0.5) is 0 Å². The molecular formula is C11H24O5. The van der Waals surface area contributed by atoms with Crippen LogP contribution in [0, 0.1) is 0 Å². The van der Waals surface area contributed by atoms with Gasteiger partial charge in [0.05, 0.1) is 6.10 Å². The minimum Gasteiger partial charge on any atom is -0.479 e. The molecule has 0 aliphatic carbocycles. The molecule has 0 heterocycles. The number of unbranched alkanes of at least 4 members (excludes halogenated alkanes) is 2. The predicted molar refractivity (Wildman–Crippen MR) is 61.2 cm³/mol. The van der Waals surface area contributed by atoms with E-state index >= 15 is 0 Å². The third-order valence-electron chi connectivity index (χ3n) is 2.02. The number of rotatable bonds is 7. The van der Waals surface area contributed by atoms with E-state index in [1.165, 1.54) is 6.92 Å². The van der Waals surface area contributed by atoms with Crippen LogP contribution >= 0.6 is 0 Å². The summed E-state index contributed by atoms with van der Waals surface area (Å²) < 4.78 is 0. The third-order valence-corrected chi connectivity index (χ3v) is 2.02. The molecule has 5 nitrogen and oxygen atoms in total. The lowest BCUT2D eigenvalue weighted by Gasteiger charge is -2.05. The quantitative estimate of drug-likeness (QED) is 0.489. The normalized spacial score (nSPS) is 13.6. The molecule has 0 aromatic carbocycles. The van der Waals surface area contributed by atoms with Gasteiger partial charge in [-0.2, -0.15) is 0 Å². The van der Waals surface area contributed by atoms with Gasteiger partial charge < -0.3 is 20.4 Å². The van der Waals surface area contributed by atoms with E-state index in [2.05, 4.69) is 0 Å². The fraction of sp³-hybridized carbons (Fsp3) is 0.909. The molecular weight excluding hydrogens is 212 g/mol. The highest BCUT2D eigenvalue weighted by Crippen LogP contribution is 2.05. The van der Waals surface area contributed by atoms with Crippen molar-refractivity contribution in [3.63, 3.8) is 0 Å². The van der Waals surface area contributed by atoms with Crippen LogP contribution in [0.2, 0.25) is 0 Å². The molecule has 98 valence electrons. The van der Waals surface area contributed by atoms with Gasteiger partial charge in [0.25, 0.3) is 0 Å². The zero-order valence-corrected chi connectivity index (χ0v) is 10.1. The van der Waals surface area contributed by atoms with Crippen LogP contribution in [0.25, 0.3) is 0 Å². The van der Waals surface area contributed by atoms with E-state index in [-0.39, 0.29) is 12.7 Å². The lowest BCUT2D eigenvalue weighted by molar-refractivity contribution is -0.145. The summed E-state index contributed by atoms with van der Waals surface area (Å²) in [5, 5.41) is 33.3. The van der Waals surface area contributed by atoms with E-state index in [9.17, 15) is 4.79 Å². The molecule has 0 aliphatic rings. The Morgan fingerprint density at radius 2 is 1.69 bits per heavy atom. The second-order valence-electron chi connectivity index (χ2n) is 3.65. The topological polar surface area (TPSA) is 98.0 Å². The maximum absolute atomic E-state index is 9.45. The van der Waals surface area contributed by atoms with Gasteiger partial charge in [0.15, 0.2) is 0 Å². The van der Waals surface area contributed by atoms with Crippen molar-refractivity contribution in [2.75, 3.05) is 6.61 Å². The molecule has 2 unspecified atom stereocenters. The molecule has 2 atom stereocenters. The predicted octanol–water partition coefficient (Wildman–Crippen LogP) is 0.762. The first kappa shape index (κ1) is 17.7. The Balaban J connectivity index is 0. The molecule has 0 bridgehead atoms. The fourth-order valence-electron chi connectivity index (χ4n) is 0.873. The van der Waals surface area contributed by atoms with Crippen LogP contribution in [0.1, 0.15) is 46.0 Å². The average molecular weight is 236 g/mol. The molecule has 0 saturated heterocycles. The number of hydrogen-bond donors (Lipinski definition) is 4. The minimum absolute atomic E-state index is 0.126. The number of carboxylic acid groups (broad SMARTS) is 1. The molecule has 0 spiro atoms. The van der Waals surface area contributed by atoms with Crippen molar-refractivity contribution in [2.24, 2.45) is 0 Å². The average Bonchev–Trinajstić information content (AvgIpc) is 2.24. The lowest BCUT2D eigenvalue weighted by atomic mass is 10.1. The smallest absolute Gasteiger partial charge is 0.332 e. The summed E-state index contributed by atoms with van der Waals surface area (Å²) in [6.45, 7) is 3.46. The monoisotopic (exact) mass is 236 g/mol. The Labute approximate surface area is 96.7 Å². The second kappa shape index (κ2) is 12.4. The van der Waals surface area contributed by atoms with Gasteiger partial charge in [-0.3, -0.25) is 0 Å². The Bertz CT molecular complexity index is 158. The van der Waals surface area contributed by atoms with Crippen LogP contribution in [0.15, 0.2) is 0 Å². The van der Waals surface area contributed by atoms with E-state index in [0.717, 1.165) is 32.1 Å². The molecule has 0 aromatic heterocycles. The number of aliphatic hydroxyl groups is 3. The fourth-order valence-corrected chi connectivity index (χ4v) is 0.873. The highest BCUT2D eigenvalue weighted by molar-refractivity contribution is 5.71. The van der Waals surface area contributed by atoms with Gasteiger partial charge in [0.2, 0.25) is 0 Å². The highest BCUT2D eigenvalue weighted by atomic mass is 16.4. The zero-order valence-electron chi connectivity index (χ0n) is 10.1. The first-order valence-electron chi connectivity index (χ1n) is 5.65. The number of aliphatic carboxylic acids is 1. The Morgan fingerprint density at radius 1 is 1.19 bits per heavy atom. The summed E-state index contributed by atoms with van der Waals surface area (Å²) in [7, 11) is 0. The maximum atomic E-state index is 9.45. The molecule has 0 aliphatic heterocycles. The summed E-state index contributed by atoms with van der Waals surface area (Å²) in [6.07, 6.45) is 3.32. The molecule has 4 N–H and O–H groups in total. The number of hydrogen-bond acceptors (Lipinski definition) is 4. The summed E-state index contributed by atoms with van der Waals surface area (Å²) in [4.78, 5) is 9.45. The zero-order chi connectivity index (χ0) is 13.0. The molecule has 0 saturated carbocycles. The van der Waals surface area contributed by atoms with Crippen LogP contribution in [0.3, 0.4) is 0 Å². The minimum atomic E-state index is -1.23. The molecule has 16 heavy (non-hydrogen) atoms. The van der Waals surface area contributed by atoms with E-state index in [1.807, 2.05) is 6.92 Å². The van der Waals surface area contributed by atoms with Crippen LogP contribution < -0.4 is 0 Å². The Morgan fingerprint density at radius 3 is 2.00 bits per heavy atom. The van der Waals surface area contributed by atoms with Gasteiger partial charge in [0, 0.05) is 6.61 Å². The summed E-state index contributed by atoms with van der Waals surface area (Å²) in [5.41, 5.74) is 0. The van der Waals surface area contributed by atoms with Crippen molar-refractivity contribution >= 4 is 5.97 Å². The van der Waals surface area contributed by atoms with E-state index in [1.54, 1.807) is 0 Å². The lowest BCUT2D eigenvalue weighted by Crippen LogP contribution is -2.13. The third kappa shape index (κ3) is 15.8. The number of carboxylic acids is 1. The SMILES string of the molecule is CC(O)C(=O)O.CCC(O)CCCCCO. The second-order valence-corrected chi connectivity index (χ2v) is 3.65. The van der Waals surface area contributed by atoms with Gasteiger partial charge in [-0.05, 0) is 26.2 Å². The largest absolute Gasteiger partial charge is 0.479 e. The number of carbonyl (C=O) groups is 1. The molecule has 5 heteroatoms. The van der Waals surface area contributed by atoms with Crippen LogP contribution in [0.5, 0.6) is 0 Å². The van der Waals surface area contributed by atoms with E-state index < -0.39 is 12.1 Å². The van der Waals surface area contributed by atoms with Crippen molar-refractivity contribution in [3.8, 4) is 0 Å². The summed E-state index contributed by atoms with van der Waals surface area (Å²) >= 11 is 0. The summed E-state index contributed by atoms with van der Waals surface area (Å²) in [6, 6.07) is 0. The van der Waals surface area contributed by atoms with Crippen molar-refractivity contribution in [3.05, 3.63) is 0 Å². The van der Waals surface area contributed by atoms with Crippen molar-refractivity contribution < 1.29 is 25.2 Å². The van der Waals surface area contributed by atoms with Gasteiger partial charge in [-0.15, -0.1) is 0 Å². The van der Waals surface area contributed by atoms with Gasteiger partial charge in [-0.25, -0.2) is 4.79 Å². The maximum Gasteiger partial charge on any atom is 0.332 e. The van der Waals surface area contributed by atoms with Crippen molar-refractivity contribution in [1.29, 1.82) is 0 Å². The summed E-state index contributed by atoms with van der Waals surface area (Å²) in [5.74, 6) is -1.19. The molecule has 0 amide bonds.